The third kappa shape index (κ3) is 4.58. The SMILES string of the molecule is CC(C)Oc1c(Br)cc(Br)cc1C=Nc1ccc(O)cc1. The van der Waals surface area contributed by atoms with E-state index in [2.05, 4.69) is 36.9 Å². The van der Waals surface area contributed by atoms with E-state index in [1.54, 1.807) is 30.5 Å². The van der Waals surface area contributed by atoms with Crippen LogP contribution in [-0.2, 0) is 0 Å². The molecule has 0 unspecified atom stereocenters. The quantitative estimate of drug-likeness (QED) is 0.677. The number of nitrogens with zero attached hydrogens (tertiary/aromatic N) is 1. The summed E-state index contributed by atoms with van der Waals surface area (Å²) in [6, 6.07) is 10.6. The summed E-state index contributed by atoms with van der Waals surface area (Å²) in [7, 11) is 0. The predicted molar refractivity (Wildman–Crippen MR) is 93.0 cm³/mol. The molecule has 0 saturated heterocycles. The molecule has 110 valence electrons. The summed E-state index contributed by atoms with van der Waals surface area (Å²) in [4.78, 5) is 4.41. The van der Waals surface area contributed by atoms with E-state index in [0.717, 1.165) is 25.9 Å². The highest BCUT2D eigenvalue weighted by atomic mass is 79.9. The predicted octanol–water partition coefficient (Wildman–Crippen LogP) is 5.46. The van der Waals surface area contributed by atoms with Crippen LogP contribution in [0.5, 0.6) is 11.5 Å². The number of phenols is 1. The Labute approximate surface area is 140 Å². The zero-order chi connectivity index (χ0) is 15.4. The highest BCUT2D eigenvalue weighted by Gasteiger charge is 2.10. The Morgan fingerprint density at radius 2 is 1.81 bits per heavy atom. The van der Waals surface area contributed by atoms with Crippen molar-refractivity contribution in [3.63, 3.8) is 0 Å². The van der Waals surface area contributed by atoms with Crippen molar-refractivity contribution in [2.45, 2.75) is 20.0 Å². The van der Waals surface area contributed by atoms with Crippen LogP contribution in [0.2, 0.25) is 0 Å². The molecule has 0 aromatic heterocycles. The molecule has 0 atom stereocenters. The molecule has 0 aliphatic carbocycles. The molecule has 0 radical (unpaired) electrons. The van der Waals surface area contributed by atoms with Crippen LogP contribution in [0.25, 0.3) is 0 Å². The summed E-state index contributed by atoms with van der Waals surface area (Å²) in [5, 5.41) is 9.27. The first kappa shape index (κ1) is 16.0. The van der Waals surface area contributed by atoms with Crippen molar-refractivity contribution >= 4 is 43.8 Å². The number of hydrogen-bond acceptors (Lipinski definition) is 3. The summed E-state index contributed by atoms with van der Waals surface area (Å²) in [5.74, 6) is 0.985. The lowest BCUT2D eigenvalue weighted by Gasteiger charge is -2.14. The number of hydrogen-bond donors (Lipinski definition) is 1. The van der Waals surface area contributed by atoms with Crippen molar-refractivity contribution in [1.29, 1.82) is 0 Å². The lowest BCUT2D eigenvalue weighted by Crippen LogP contribution is -2.08. The molecule has 1 N–H and O–H groups in total. The Balaban J connectivity index is 2.35. The third-order valence-corrected chi connectivity index (χ3v) is 3.64. The van der Waals surface area contributed by atoms with Crippen LogP contribution in [0.4, 0.5) is 5.69 Å². The Kier molecular flexibility index (Phi) is 5.42. The maximum Gasteiger partial charge on any atom is 0.142 e. The van der Waals surface area contributed by atoms with Crippen LogP contribution in [0.3, 0.4) is 0 Å². The Morgan fingerprint density at radius 1 is 1.14 bits per heavy atom. The van der Waals surface area contributed by atoms with E-state index in [4.69, 9.17) is 4.74 Å². The van der Waals surface area contributed by atoms with Gasteiger partial charge in [0.05, 0.1) is 16.3 Å². The van der Waals surface area contributed by atoms with Crippen LogP contribution < -0.4 is 4.74 Å². The molecule has 0 saturated carbocycles. The number of ether oxygens (including phenoxy) is 1. The molecule has 2 rings (SSSR count). The number of rotatable bonds is 4. The van der Waals surface area contributed by atoms with Gasteiger partial charge in [-0.25, -0.2) is 0 Å². The number of benzene rings is 2. The summed E-state index contributed by atoms with van der Waals surface area (Å²) in [6.45, 7) is 3.96. The fraction of sp³-hybridized carbons (Fsp3) is 0.188. The zero-order valence-electron chi connectivity index (χ0n) is 11.7. The Hall–Kier alpha value is -1.33. The Morgan fingerprint density at radius 3 is 2.43 bits per heavy atom. The fourth-order valence-electron chi connectivity index (χ4n) is 1.72. The second-order valence-electron chi connectivity index (χ2n) is 4.75. The van der Waals surface area contributed by atoms with Gasteiger partial charge in [0.25, 0.3) is 0 Å². The van der Waals surface area contributed by atoms with Gasteiger partial charge in [-0.15, -0.1) is 0 Å². The van der Waals surface area contributed by atoms with E-state index >= 15 is 0 Å². The fourth-order valence-corrected chi connectivity index (χ4v) is 3.07. The lowest BCUT2D eigenvalue weighted by molar-refractivity contribution is 0.240. The third-order valence-electron chi connectivity index (χ3n) is 2.59. The average Bonchev–Trinajstić information content (AvgIpc) is 2.41. The van der Waals surface area contributed by atoms with E-state index in [0.29, 0.717) is 0 Å². The van der Waals surface area contributed by atoms with E-state index < -0.39 is 0 Å². The molecule has 21 heavy (non-hydrogen) atoms. The normalized spacial score (nSPS) is 11.3. The van der Waals surface area contributed by atoms with E-state index in [-0.39, 0.29) is 11.9 Å². The second kappa shape index (κ2) is 7.09. The number of phenolic OH excluding ortho intramolecular Hbond substituents is 1. The molecular weight excluding hydrogens is 398 g/mol. The van der Waals surface area contributed by atoms with Crippen molar-refractivity contribution < 1.29 is 9.84 Å². The van der Waals surface area contributed by atoms with E-state index in [9.17, 15) is 5.11 Å². The molecule has 0 aliphatic rings. The van der Waals surface area contributed by atoms with Gasteiger partial charge in [-0.2, -0.15) is 0 Å². The molecule has 2 aromatic carbocycles. The molecule has 0 spiro atoms. The number of aromatic hydroxyl groups is 1. The van der Waals surface area contributed by atoms with Crippen molar-refractivity contribution in [2.75, 3.05) is 0 Å². The maximum absolute atomic E-state index is 9.27. The topological polar surface area (TPSA) is 41.8 Å². The largest absolute Gasteiger partial charge is 0.508 e. The smallest absolute Gasteiger partial charge is 0.142 e. The van der Waals surface area contributed by atoms with Crippen molar-refractivity contribution in [1.82, 2.24) is 0 Å². The van der Waals surface area contributed by atoms with Gasteiger partial charge < -0.3 is 9.84 Å². The molecule has 0 fully saturated rings. The van der Waals surface area contributed by atoms with Crippen LogP contribution >= 0.6 is 31.9 Å². The van der Waals surface area contributed by atoms with Gasteiger partial charge >= 0.3 is 0 Å². The molecule has 5 heteroatoms. The minimum absolute atomic E-state index is 0.0725. The molecule has 3 nitrogen and oxygen atoms in total. The highest BCUT2D eigenvalue weighted by Crippen LogP contribution is 2.33. The number of halogens is 2. The van der Waals surface area contributed by atoms with Gasteiger partial charge in [-0.05, 0) is 66.2 Å². The molecule has 0 amide bonds. The van der Waals surface area contributed by atoms with Crippen LogP contribution in [0.15, 0.2) is 50.3 Å². The maximum atomic E-state index is 9.27. The first-order valence-corrected chi connectivity index (χ1v) is 8.03. The average molecular weight is 413 g/mol. The van der Waals surface area contributed by atoms with Gasteiger partial charge in [0.15, 0.2) is 0 Å². The molecule has 0 aliphatic heterocycles. The van der Waals surface area contributed by atoms with Crippen LogP contribution in [-0.4, -0.2) is 17.4 Å². The lowest BCUT2D eigenvalue weighted by atomic mass is 10.2. The van der Waals surface area contributed by atoms with E-state index in [1.807, 2.05) is 26.0 Å². The zero-order valence-corrected chi connectivity index (χ0v) is 14.8. The molecule has 0 heterocycles. The van der Waals surface area contributed by atoms with Crippen molar-refractivity contribution in [3.8, 4) is 11.5 Å². The van der Waals surface area contributed by atoms with Crippen molar-refractivity contribution in [2.24, 2.45) is 4.99 Å². The molecule has 2 aromatic rings. The first-order chi connectivity index (χ1) is 9.95. The highest BCUT2D eigenvalue weighted by molar-refractivity contribution is 9.11. The second-order valence-corrected chi connectivity index (χ2v) is 6.52. The van der Waals surface area contributed by atoms with Crippen LogP contribution in [0, 0.1) is 0 Å². The van der Waals surface area contributed by atoms with Gasteiger partial charge in [0, 0.05) is 16.3 Å². The summed E-state index contributed by atoms with van der Waals surface area (Å²) in [6.07, 6.45) is 1.82. The Bertz CT molecular complexity index is 652. The van der Waals surface area contributed by atoms with Crippen molar-refractivity contribution in [3.05, 3.63) is 50.9 Å². The minimum atomic E-state index is 0.0725. The number of aliphatic imine (C=N–C) groups is 1. The summed E-state index contributed by atoms with van der Waals surface area (Å²) < 4.78 is 7.65. The van der Waals surface area contributed by atoms with E-state index in [1.165, 1.54) is 0 Å². The molecule has 0 bridgehead atoms. The van der Waals surface area contributed by atoms with Gasteiger partial charge in [-0.1, -0.05) is 15.9 Å². The summed E-state index contributed by atoms with van der Waals surface area (Å²) >= 11 is 6.98. The standard InChI is InChI=1S/C16H15Br2NO2/c1-10(2)21-16-11(7-12(17)8-15(16)18)9-19-13-3-5-14(20)6-4-13/h3-10,20H,1-2H3. The first-order valence-electron chi connectivity index (χ1n) is 6.44. The molecular formula is C16H15Br2NO2. The van der Waals surface area contributed by atoms with Gasteiger partial charge in [0.1, 0.15) is 11.5 Å². The summed E-state index contributed by atoms with van der Waals surface area (Å²) in [5.41, 5.74) is 1.64. The van der Waals surface area contributed by atoms with Gasteiger partial charge in [-0.3, -0.25) is 4.99 Å². The monoisotopic (exact) mass is 411 g/mol. The van der Waals surface area contributed by atoms with Crippen LogP contribution in [0.1, 0.15) is 19.4 Å². The van der Waals surface area contributed by atoms with Gasteiger partial charge in [0.2, 0.25) is 0 Å². The minimum Gasteiger partial charge on any atom is -0.508 e.